The van der Waals surface area contributed by atoms with Crippen molar-refractivity contribution in [1.82, 2.24) is 0 Å². The Morgan fingerprint density at radius 3 is 2.33 bits per heavy atom. The number of rotatable bonds is 3. The van der Waals surface area contributed by atoms with Crippen LogP contribution in [0.2, 0.25) is 0 Å². The molecule has 0 bridgehead atoms. The van der Waals surface area contributed by atoms with Crippen LogP contribution in [-0.2, 0) is 4.79 Å². The van der Waals surface area contributed by atoms with Crippen molar-refractivity contribution in [2.75, 3.05) is 7.05 Å². The number of carbonyl (C=O) groups is 1. The third kappa shape index (κ3) is 2.74. The number of hydrogen-bond donors (Lipinski definition) is 2. The number of nitrogens with zero attached hydrogens (tertiary/aromatic N) is 1. The van der Waals surface area contributed by atoms with Crippen molar-refractivity contribution in [3.8, 4) is 0 Å². The first-order chi connectivity index (χ1) is 5.50. The molecule has 0 spiro atoms. The summed E-state index contributed by atoms with van der Waals surface area (Å²) in [6.07, 6.45) is 1.26. The fourth-order valence-corrected chi connectivity index (χ4v) is 0.693. The Morgan fingerprint density at radius 1 is 1.58 bits per heavy atom. The van der Waals surface area contributed by atoms with E-state index in [1.54, 1.807) is 0 Å². The van der Waals surface area contributed by atoms with Gasteiger partial charge in [0, 0.05) is 19.0 Å². The maximum Gasteiger partial charge on any atom is 0.339 e. The smallest absolute Gasteiger partial charge is 0.339 e. The van der Waals surface area contributed by atoms with Gasteiger partial charge in [-0.05, 0) is 5.92 Å². The minimum atomic E-state index is -1.04. The number of carboxylic acid groups (broad SMARTS) is 1. The van der Waals surface area contributed by atoms with Gasteiger partial charge in [0.25, 0.3) is 0 Å². The number of aliphatic imine (C=N–C) groups is 1. The molecule has 0 heterocycles. The quantitative estimate of drug-likeness (QED) is 0.482. The van der Waals surface area contributed by atoms with Crippen LogP contribution in [0.25, 0.3) is 0 Å². The van der Waals surface area contributed by atoms with Crippen LogP contribution in [0.3, 0.4) is 0 Å². The Balaban J connectivity index is 4.93. The van der Waals surface area contributed by atoms with Crippen LogP contribution >= 0.6 is 0 Å². The summed E-state index contributed by atoms with van der Waals surface area (Å²) in [7, 11) is 1.51. The standard InChI is InChI=1S/C8H14N2O2/c1-5(2)7(9)6(4-10-3)8(11)12/h4-5H,9H2,1-3H3,(H,11,12). The van der Waals surface area contributed by atoms with E-state index in [1.807, 2.05) is 13.8 Å². The van der Waals surface area contributed by atoms with Gasteiger partial charge in [-0.15, -0.1) is 0 Å². The van der Waals surface area contributed by atoms with Crippen molar-refractivity contribution in [2.24, 2.45) is 16.6 Å². The van der Waals surface area contributed by atoms with E-state index >= 15 is 0 Å². The van der Waals surface area contributed by atoms with Crippen molar-refractivity contribution >= 4 is 12.2 Å². The highest BCUT2D eigenvalue weighted by Crippen LogP contribution is 2.07. The van der Waals surface area contributed by atoms with E-state index in [-0.39, 0.29) is 11.5 Å². The average Bonchev–Trinajstić information content (AvgIpc) is 1.98. The maximum atomic E-state index is 10.6. The first kappa shape index (κ1) is 10.7. The molecule has 4 nitrogen and oxygen atoms in total. The average molecular weight is 170 g/mol. The first-order valence-corrected chi connectivity index (χ1v) is 3.65. The molecule has 12 heavy (non-hydrogen) atoms. The van der Waals surface area contributed by atoms with Gasteiger partial charge < -0.3 is 10.8 Å². The summed E-state index contributed by atoms with van der Waals surface area (Å²) in [5, 5.41) is 8.69. The molecule has 0 atom stereocenters. The second-order valence-electron chi connectivity index (χ2n) is 2.72. The maximum absolute atomic E-state index is 10.6. The Morgan fingerprint density at radius 2 is 2.08 bits per heavy atom. The molecule has 0 saturated carbocycles. The number of carboxylic acids is 1. The molecule has 0 aromatic carbocycles. The van der Waals surface area contributed by atoms with Crippen LogP contribution in [0.1, 0.15) is 13.8 Å². The molecule has 68 valence electrons. The van der Waals surface area contributed by atoms with E-state index in [9.17, 15) is 4.79 Å². The third-order valence-electron chi connectivity index (χ3n) is 1.42. The minimum absolute atomic E-state index is 0.0223. The fourth-order valence-electron chi connectivity index (χ4n) is 0.693. The molecule has 0 saturated heterocycles. The highest BCUT2D eigenvalue weighted by Gasteiger charge is 2.11. The Hall–Kier alpha value is -1.32. The lowest BCUT2D eigenvalue weighted by Gasteiger charge is -2.06. The topological polar surface area (TPSA) is 75.7 Å². The van der Waals surface area contributed by atoms with E-state index in [0.717, 1.165) is 0 Å². The van der Waals surface area contributed by atoms with Gasteiger partial charge >= 0.3 is 5.97 Å². The van der Waals surface area contributed by atoms with Crippen molar-refractivity contribution in [2.45, 2.75) is 13.8 Å². The zero-order chi connectivity index (χ0) is 9.72. The van der Waals surface area contributed by atoms with E-state index < -0.39 is 5.97 Å². The second-order valence-corrected chi connectivity index (χ2v) is 2.72. The number of hydrogen-bond acceptors (Lipinski definition) is 3. The van der Waals surface area contributed by atoms with Gasteiger partial charge in [-0.3, -0.25) is 4.99 Å². The lowest BCUT2D eigenvalue weighted by atomic mass is 10.1. The van der Waals surface area contributed by atoms with Gasteiger partial charge in [0.2, 0.25) is 0 Å². The largest absolute Gasteiger partial charge is 0.478 e. The first-order valence-electron chi connectivity index (χ1n) is 3.65. The molecule has 4 heteroatoms. The van der Waals surface area contributed by atoms with Crippen molar-refractivity contribution in [3.05, 3.63) is 11.3 Å². The van der Waals surface area contributed by atoms with E-state index in [2.05, 4.69) is 4.99 Å². The monoisotopic (exact) mass is 170 g/mol. The summed E-state index contributed by atoms with van der Waals surface area (Å²) < 4.78 is 0. The van der Waals surface area contributed by atoms with Crippen LogP contribution in [0.5, 0.6) is 0 Å². The molecule has 0 aliphatic carbocycles. The van der Waals surface area contributed by atoms with Crippen LogP contribution in [-0.4, -0.2) is 24.3 Å². The van der Waals surface area contributed by atoms with Gasteiger partial charge in [0.15, 0.2) is 0 Å². The number of allylic oxidation sites excluding steroid dienone is 1. The fraction of sp³-hybridized carbons (Fsp3) is 0.500. The molecule has 0 aromatic rings. The van der Waals surface area contributed by atoms with E-state index in [4.69, 9.17) is 10.8 Å². The molecule has 0 fully saturated rings. The molecular formula is C8H14N2O2. The SMILES string of the molecule is CN=CC(C(=O)O)=C(N)C(C)C. The van der Waals surface area contributed by atoms with Crippen LogP contribution < -0.4 is 5.73 Å². The van der Waals surface area contributed by atoms with Crippen molar-refractivity contribution in [3.63, 3.8) is 0 Å². The third-order valence-corrected chi connectivity index (χ3v) is 1.42. The summed E-state index contributed by atoms with van der Waals surface area (Å²) in [6.45, 7) is 3.67. The predicted octanol–water partition coefficient (Wildman–Crippen LogP) is 0.640. The zero-order valence-electron chi connectivity index (χ0n) is 7.53. The number of nitrogens with two attached hydrogens (primary N) is 1. The molecular weight excluding hydrogens is 156 g/mol. The molecule has 0 rings (SSSR count). The lowest BCUT2D eigenvalue weighted by molar-refractivity contribution is -0.132. The molecule has 0 amide bonds. The van der Waals surface area contributed by atoms with Gasteiger partial charge in [0.1, 0.15) is 0 Å². The molecule has 0 aromatic heterocycles. The highest BCUT2D eigenvalue weighted by molar-refractivity contribution is 6.09. The van der Waals surface area contributed by atoms with Gasteiger partial charge in [-0.1, -0.05) is 13.8 Å². The molecule has 0 aliphatic heterocycles. The van der Waals surface area contributed by atoms with E-state index in [0.29, 0.717) is 5.70 Å². The van der Waals surface area contributed by atoms with E-state index in [1.165, 1.54) is 13.3 Å². The van der Waals surface area contributed by atoms with Gasteiger partial charge in [-0.2, -0.15) is 0 Å². The molecule has 0 aliphatic rings. The molecule has 3 N–H and O–H groups in total. The second kappa shape index (κ2) is 4.54. The molecule has 0 unspecified atom stereocenters. The Bertz CT molecular complexity index is 229. The summed E-state index contributed by atoms with van der Waals surface area (Å²) in [5.41, 5.74) is 5.99. The summed E-state index contributed by atoms with van der Waals surface area (Å²) >= 11 is 0. The highest BCUT2D eigenvalue weighted by atomic mass is 16.4. The summed E-state index contributed by atoms with van der Waals surface area (Å²) in [6, 6.07) is 0. The van der Waals surface area contributed by atoms with Crippen LogP contribution in [0.4, 0.5) is 0 Å². The summed E-state index contributed by atoms with van der Waals surface area (Å²) in [5.74, 6) is -1.01. The normalized spacial score (nSPS) is 13.7. The van der Waals surface area contributed by atoms with Crippen molar-refractivity contribution < 1.29 is 9.90 Å². The Kier molecular flexibility index (Phi) is 4.04. The zero-order valence-corrected chi connectivity index (χ0v) is 7.53. The Labute approximate surface area is 71.8 Å². The summed E-state index contributed by atoms with van der Waals surface area (Å²) in [4.78, 5) is 14.2. The molecule has 0 radical (unpaired) electrons. The lowest BCUT2D eigenvalue weighted by Crippen LogP contribution is -2.15. The van der Waals surface area contributed by atoms with Gasteiger partial charge in [0.05, 0.1) is 5.57 Å². The van der Waals surface area contributed by atoms with Gasteiger partial charge in [-0.25, -0.2) is 4.79 Å². The minimum Gasteiger partial charge on any atom is -0.478 e. The number of aliphatic carboxylic acids is 1. The van der Waals surface area contributed by atoms with Crippen LogP contribution in [0, 0.1) is 5.92 Å². The van der Waals surface area contributed by atoms with Crippen LogP contribution in [0.15, 0.2) is 16.3 Å². The van der Waals surface area contributed by atoms with Crippen molar-refractivity contribution in [1.29, 1.82) is 0 Å². The predicted molar refractivity (Wildman–Crippen MR) is 48.1 cm³/mol.